The fraction of sp³-hybridized carbons (Fsp3) is 0.423. The first-order valence-electron chi connectivity index (χ1n) is 11.4. The molecule has 0 unspecified atom stereocenters. The molecule has 5 nitrogen and oxygen atoms in total. The van der Waals surface area contributed by atoms with E-state index in [0.717, 1.165) is 55.1 Å². The van der Waals surface area contributed by atoms with E-state index in [0.29, 0.717) is 6.54 Å². The van der Waals surface area contributed by atoms with Gasteiger partial charge in [0.15, 0.2) is 0 Å². The van der Waals surface area contributed by atoms with Gasteiger partial charge in [0.1, 0.15) is 0 Å². The molecule has 5 heteroatoms. The van der Waals surface area contributed by atoms with Crippen molar-refractivity contribution >= 4 is 22.9 Å². The van der Waals surface area contributed by atoms with Crippen LogP contribution in [0.1, 0.15) is 49.3 Å². The number of anilines is 2. The van der Waals surface area contributed by atoms with E-state index in [9.17, 15) is 9.90 Å². The molecule has 0 aromatic heterocycles. The van der Waals surface area contributed by atoms with Crippen LogP contribution in [0.15, 0.2) is 48.5 Å². The number of benzene rings is 2. The zero-order chi connectivity index (χ0) is 21.6. The predicted molar refractivity (Wildman–Crippen MR) is 127 cm³/mol. The number of nitrogens with zero attached hydrogens (tertiary/aromatic N) is 2. The Balaban J connectivity index is 0.000000710. The van der Waals surface area contributed by atoms with Gasteiger partial charge in [-0.3, -0.25) is 4.79 Å². The number of carbonyl (C=O) groups excluding carboxylic acids is 1. The van der Waals surface area contributed by atoms with Crippen LogP contribution in [0.5, 0.6) is 0 Å². The highest BCUT2D eigenvalue weighted by Gasteiger charge is 2.26. The standard InChI is InChI=1S/C23H27N3O2.C3H6/c1-17(28)26-13-12-25(15-20-4-2-3-5-21(20)16-27)23-14-19(6-7-22(23)26)18-8-10-24-11-9-18;1-2-3-1/h2-8,14,24,27H,9-13,15-16H2,1H3;1-3H2. The third kappa shape index (κ3) is 5.35. The van der Waals surface area contributed by atoms with Crippen molar-refractivity contribution in [2.75, 3.05) is 36.0 Å². The molecule has 2 heterocycles. The van der Waals surface area contributed by atoms with Gasteiger partial charge in [-0.25, -0.2) is 0 Å². The molecule has 164 valence electrons. The number of amides is 1. The van der Waals surface area contributed by atoms with E-state index in [2.05, 4.69) is 40.6 Å². The Morgan fingerprint density at radius 3 is 2.45 bits per heavy atom. The van der Waals surface area contributed by atoms with Crippen molar-refractivity contribution in [3.05, 3.63) is 65.2 Å². The molecule has 0 bridgehead atoms. The molecule has 1 aliphatic carbocycles. The lowest BCUT2D eigenvalue weighted by Crippen LogP contribution is -2.43. The minimum Gasteiger partial charge on any atom is -0.392 e. The second-order valence-corrected chi connectivity index (χ2v) is 8.47. The Morgan fingerprint density at radius 1 is 1.03 bits per heavy atom. The van der Waals surface area contributed by atoms with E-state index in [1.165, 1.54) is 30.4 Å². The molecule has 1 saturated carbocycles. The van der Waals surface area contributed by atoms with Crippen LogP contribution >= 0.6 is 0 Å². The summed E-state index contributed by atoms with van der Waals surface area (Å²) in [6.07, 6.45) is 7.77. The first-order valence-corrected chi connectivity index (χ1v) is 11.4. The molecule has 31 heavy (non-hydrogen) atoms. The lowest BCUT2D eigenvalue weighted by molar-refractivity contribution is -0.116. The zero-order valence-corrected chi connectivity index (χ0v) is 18.4. The van der Waals surface area contributed by atoms with Gasteiger partial charge in [0, 0.05) is 33.1 Å². The molecular weight excluding hydrogens is 386 g/mol. The molecular formula is C26H33N3O2. The molecule has 2 aromatic carbocycles. The number of hydrogen-bond donors (Lipinski definition) is 2. The summed E-state index contributed by atoms with van der Waals surface area (Å²) in [4.78, 5) is 16.4. The maximum absolute atomic E-state index is 12.2. The van der Waals surface area contributed by atoms with Gasteiger partial charge in [0.25, 0.3) is 0 Å². The van der Waals surface area contributed by atoms with Crippen molar-refractivity contribution in [1.82, 2.24) is 5.32 Å². The van der Waals surface area contributed by atoms with E-state index >= 15 is 0 Å². The number of hydrogen-bond acceptors (Lipinski definition) is 4. The van der Waals surface area contributed by atoms with Crippen molar-refractivity contribution in [3.8, 4) is 0 Å². The molecule has 0 saturated heterocycles. The van der Waals surface area contributed by atoms with Crippen LogP contribution in [-0.2, 0) is 17.9 Å². The fourth-order valence-corrected chi connectivity index (χ4v) is 4.11. The molecule has 5 rings (SSSR count). The van der Waals surface area contributed by atoms with Crippen molar-refractivity contribution < 1.29 is 9.90 Å². The van der Waals surface area contributed by atoms with Crippen LogP contribution in [-0.4, -0.2) is 37.2 Å². The Hall–Kier alpha value is -2.63. The summed E-state index contributed by atoms with van der Waals surface area (Å²) < 4.78 is 0. The first-order chi connectivity index (χ1) is 15.2. The molecule has 2 aromatic rings. The van der Waals surface area contributed by atoms with Gasteiger partial charge in [-0.2, -0.15) is 0 Å². The number of rotatable bonds is 4. The van der Waals surface area contributed by atoms with Gasteiger partial charge < -0.3 is 20.2 Å². The SMILES string of the molecule is C1CC1.CC(=O)N1CCN(Cc2ccccc2CO)c2cc(C3=CCNCC3)ccc21. The number of fused-ring (bicyclic) bond motifs is 1. The molecule has 0 radical (unpaired) electrons. The monoisotopic (exact) mass is 419 g/mol. The maximum Gasteiger partial charge on any atom is 0.223 e. The Bertz CT molecular complexity index is 949. The molecule has 2 aliphatic heterocycles. The van der Waals surface area contributed by atoms with E-state index < -0.39 is 0 Å². The van der Waals surface area contributed by atoms with Crippen LogP contribution < -0.4 is 15.1 Å². The highest BCUT2D eigenvalue weighted by atomic mass is 16.3. The average Bonchev–Trinajstić information content (AvgIpc) is 3.69. The number of carbonyl (C=O) groups is 1. The van der Waals surface area contributed by atoms with Crippen molar-refractivity contribution in [2.24, 2.45) is 0 Å². The van der Waals surface area contributed by atoms with Crippen molar-refractivity contribution in [2.45, 2.75) is 45.8 Å². The minimum atomic E-state index is 0.0381. The van der Waals surface area contributed by atoms with Crippen LogP contribution in [0.2, 0.25) is 0 Å². The molecule has 1 amide bonds. The second kappa shape index (κ2) is 10.1. The highest BCUT2D eigenvalue weighted by molar-refractivity contribution is 5.97. The summed E-state index contributed by atoms with van der Waals surface area (Å²) in [7, 11) is 0. The summed E-state index contributed by atoms with van der Waals surface area (Å²) in [6, 6.07) is 14.5. The quantitative estimate of drug-likeness (QED) is 0.784. The van der Waals surface area contributed by atoms with E-state index in [1.54, 1.807) is 6.92 Å². The summed E-state index contributed by atoms with van der Waals surface area (Å²) in [5, 5.41) is 13.0. The van der Waals surface area contributed by atoms with E-state index in [4.69, 9.17) is 0 Å². The van der Waals surface area contributed by atoms with Gasteiger partial charge in [-0.1, -0.05) is 55.7 Å². The summed E-state index contributed by atoms with van der Waals surface area (Å²) in [5.41, 5.74) is 6.72. The second-order valence-electron chi connectivity index (χ2n) is 8.47. The lowest BCUT2D eigenvalue weighted by Gasteiger charge is -2.38. The normalized spacial score (nSPS) is 17.3. The minimum absolute atomic E-state index is 0.0381. The Morgan fingerprint density at radius 2 is 1.81 bits per heavy atom. The van der Waals surface area contributed by atoms with Crippen molar-refractivity contribution in [3.63, 3.8) is 0 Å². The smallest absolute Gasteiger partial charge is 0.223 e. The van der Waals surface area contributed by atoms with Gasteiger partial charge in [0.05, 0.1) is 18.0 Å². The summed E-state index contributed by atoms with van der Waals surface area (Å²) >= 11 is 0. The molecule has 0 spiro atoms. The topological polar surface area (TPSA) is 55.8 Å². The molecule has 3 aliphatic rings. The van der Waals surface area contributed by atoms with Gasteiger partial charge in [-0.15, -0.1) is 0 Å². The van der Waals surface area contributed by atoms with E-state index in [1.807, 2.05) is 23.1 Å². The van der Waals surface area contributed by atoms with Gasteiger partial charge in [-0.05, 0) is 47.4 Å². The van der Waals surface area contributed by atoms with Crippen LogP contribution in [0, 0.1) is 0 Å². The average molecular weight is 420 g/mol. The zero-order valence-electron chi connectivity index (χ0n) is 18.4. The fourth-order valence-electron chi connectivity index (χ4n) is 4.11. The summed E-state index contributed by atoms with van der Waals surface area (Å²) in [5.74, 6) is 0.0745. The number of aliphatic hydroxyl groups is 1. The van der Waals surface area contributed by atoms with Crippen LogP contribution in [0.3, 0.4) is 0 Å². The maximum atomic E-state index is 12.2. The first kappa shape index (κ1) is 21.6. The number of aliphatic hydroxyl groups excluding tert-OH is 1. The van der Waals surface area contributed by atoms with E-state index in [-0.39, 0.29) is 12.5 Å². The predicted octanol–water partition coefficient (Wildman–Crippen LogP) is 4.10. The third-order valence-electron chi connectivity index (χ3n) is 6.02. The molecule has 0 atom stereocenters. The van der Waals surface area contributed by atoms with Crippen LogP contribution in [0.4, 0.5) is 11.4 Å². The molecule has 2 N–H and O–H groups in total. The number of nitrogens with one attached hydrogen (secondary N) is 1. The van der Waals surface area contributed by atoms with Crippen molar-refractivity contribution in [1.29, 1.82) is 0 Å². The largest absolute Gasteiger partial charge is 0.392 e. The Kier molecular flexibility index (Phi) is 7.05. The van der Waals surface area contributed by atoms with Gasteiger partial charge >= 0.3 is 0 Å². The lowest BCUT2D eigenvalue weighted by atomic mass is 9.97. The highest BCUT2D eigenvalue weighted by Crippen LogP contribution is 2.37. The third-order valence-corrected chi connectivity index (χ3v) is 6.02. The summed E-state index contributed by atoms with van der Waals surface area (Å²) in [6.45, 7) is 5.74. The van der Waals surface area contributed by atoms with Crippen LogP contribution in [0.25, 0.3) is 5.57 Å². The van der Waals surface area contributed by atoms with Gasteiger partial charge in [0.2, 0.25) is 5.91 Å². The molecule has 1 fully saturated rings. The Labute approximate surface area is 185 Å².